The Balaban J connectivity index is 2.05. The average Bonchev–Trinajstić information content (AvgIpc) is 2.85. The van der Waals surface area contributed by atoms with Crippen molar-refractivity contribution >= 4 is 38.4 Å². The van der Waals surface area contributed by atoms with Crippen molar-refractivity contribution in [2.24, 2.45) is 0 Å². The minimum absolute atomic E-state index is 0.156. The van der Waals surface area contributed by atoms with E-state index in [2.05, 4.69) is 15.9 Å². The maximum atomic E-state index is 12.3. The van der Waals surface area contributed by atoms with Gasteiger partial charge in [0.25, 0.3) is 0 Å². The van der Waals surface area contributed by atoms with Gasteiger partial charge < -0.3 is 10.2 Å². The van der Waals surface area contributed by atoms with Crippen LogP contribution in [0.4, 0.5) is 5.69 Å². The van der Waals surface area contributed by atoms with E-state index in [4.69, 9.17) is 10.2 Å². The highest BCUT2D eigenvalue weighted by atomic mass is 79.9. The molecule has 1 aromatic heterocycles. The SMILES string of the molecule is Nc1ccc(C(=O)c2cc3ccccc3o2)cc1Br. The van der Waals surface area contributed by atoms with Gasteiger partial charge in [0.05, 0.1) is 0 Å². The molecule has 0 atom stereocenters. The molecule has 0 radical (unpaired) electrons. The summed E-state index contributed by atoms with van der Waals surface area (Å²) in [5.74, 6) is 0.176. The maximum absolute atomic E-state index is 12.3. The van der Waals surface area contributed by atoms with E-state index in [1.165, 1.54) is 0 Å². The summed E-state index contributed by atoms with van der Waals surface area (Å²) in [6, 6.07) is 14.4. The Labute approximate surface area is 118 Å². The molecular formula is C15H10BrNO2. The van der Waals surface area contributed by atoms with Crippen molar-refractivity contribution in [1.82, 2.24) is 0 Å². The second kappa shape index (κ2) is 4.55. The summed E-state index contributed by atoms with van der Waals surface area (Å²) in [6.45, 7) is 0. The molecule has 4 heteroatoms. The number of benzene rings is 2. The van der Waals surface area contributed by atoms with Gasteiger partial charge >= 0.3 is 0 Å². The molecule has 0 unspecified atom stereocenters. The van der Waals surface area contributed by atoms with Crippen LogP contribution < -0.4 is 5.73 Å². The molecular weight excluding hydrogens is 306 g/mol. The molecule has 0 fully saturated rings. The fourth-order valence-corrected chi connectivity index (χ4v) is 2.28. The fourth-order valence-electron chi connectivity index (χ4n) is 1.90. The van der Waals surface area contributed by atoms with Gasteiger partial charge in [0.2, 0.25) is 5.78 Å². The van der Waals surface area contributed by atoms with Crippen LogP contribution >= 0.6 is 15.9 Å². The van der Waals surface area contributed by atoms with Gasteiger partial charge in [0.1, 0.15) is 5.58 Å². The van der Waals surface area contributed by atoms with Gasteiger partial charge in [0.15, 0.2) is 5.76 Å². The number of anilines is 1. The monoisotopic (exact) mass is 315 g/mol. The number of carbonyl (C=O) groups excluding carboxylic acids is 1. The fraction of sp³-hybridized carbons (Fsp3) is 0. The second-order valence-corrected chi connectivity index (χ2v) is 5.07. The van der Waals surface area contributed by atoms with Crippen LogP contribution in [0.25, 0.3) is 11.0 Å². The molecule has 2 aromatic carbocycles. The number of hydrogen-bond acceptors (Lipinski definition) is 3. The van der Waals surface area contributed by atoms with Gasteiger partial charge in [-0.3, -0.25) is 4.79 Å². The number of nitrogen functional groups attached to an aromatic ring is 1. The molecule has 19 heavy (non-hydrogen) atoms. The number of nitrogens with two attached hydrogens (primary N) is 1. The Bertz CT molecular complexity index is 744. The molecule has 0 saturated carbocycles. The number of fused-ring (bicyclic) bond motifs is 1. The largest absolute Gasteiger partial charge is 0.453 e. The second-order valence-electron chi connectivity index (χ2n) is 4.21. The van der Waals surface area contributed by atoms with Crippen molar-refractivity contribution in [2.45, 2.75) is 0 Å². The molecule has 0 aliphatic heterocycles. The number of hydrogen-bond donors (Lipinski definition) is 1. The lowest BCUT2D eigenvalue weighted by Crippen LogP contribution is -2.00. The van der Waals surface area contributed by atoms with Crippen LogP contribution in [0.1, 0.15) is 16.1 Å². The first-order valence-corrected chi connectivity index (χ1v) is 6.53. The standard InChI is InChI=1S/C15H10BrNO2/c16-11-7-10(5-6-12(11)17)15(18)14-8-9-3-1-2-4-13(9)19-14/h1-8H,17H2. The molecule has 0 saturated heterocycles. The predicted octanol–water partition coefficient (Wildman–Crippen LogP) is 4.01. The van der Waals surface area contributed by atoms with Gasteiger partial charge in [-0.05, 0) is 46.3 Å². The third-order valence-corrected chi connectivity index (χ3v) is 3.60. The van der Waals surface area contributed by atoms with Crippen LogP contribution in [0.5, 0.6) is 0 Å². The lowest BCUT2D eigenvalue weighted by Gasteiger charge is -2.01. The third kappa shape index (κ3) is 2.15. The summed E-state index contributed by atoms with van der Waals surface area (Å²) in [5.41, 5.74) is 7.56. The van der Waals surface area contributed by atoms with E-state index >= 15 is 0 Å². The zero-order valence-electron chi connectivity index (χ0n) is 9.89. The third-order valence-electron chi connectivity index (χ3n) is 2.91. The predicted molar refractivity (Wildman–Crippen MR) is 78.2 cm³/mol. The highest BCUT2D eigenvalue weighted by molar-refractivity contribution is 9.10. The summed E-state index contributed by atoms with van der Waals surface area (Å²) >= 11 is 3.31. The van der Waals surface area contributed by atoms with E-state index in [0.717, 1.165) is 5.39 Å². The average molecular weight is 316 g/mol. The van der Waals surface area contributed by atoms with Crippen molar-refractivity contribution < 1.29 is 9.21 Å². The number of carbonyl (C=O) groups is 1. The van der Waals surface area contributed by atoms with Crippen molar-refractivity contribution in [1.29, 1.82) is 0 Å². The van der Waals surface area contributed by atoms with Crippen LogP contribution in [0.2, 0.25) is 0 Å². The summed E-state index contributed by atoms with van der Waals surface area (Å²) in [4.78, 5) is 12.3. The summed E-state index contributed by atoms with van der Waals surface area (Å²) in [6.07, 6.45) is 0. The van der Waals surface area contributed by atoms with Crippen molar-refractivity contribution in [3.8, 4) is 0 Å². The first-order chi connectivity index (χ1) is 9.15. The lowest BCUT2D eigenvalue weighted by atomic mass is 10.1. The molecule has 2 N–H and O–H groups in total. The molecule has 0 amide bonds. The number of furan rings is 1. The van der Waals surface area contributed by atoms with E-state index in [9.17, 15) is 4.79 Å². The molecule has 0 aliphatic carbocycles. The Kier molecular flexibility index (Phi) is 2.87. The number of rotatable bonds is 2. The van der Waals surface area contributed by atoms with Crippen molar-refractivity contribution in [3.63, 3.8) is 0 Å². The van der Waals surface area contributed by atoms with E-state index in [1.54, 1.807) is 24.3 Å². The van der Waals surface area contributed by atoms with E-state index in [1.807, 2.05) is 24.3 Å². The zero-order chi connectivity index (χ0) is 13.4. The Morgan fingerprint density at radius 3 is 2.63 bits per heavy atom. The highest BCUT2D eigenvalue weighted by Crippen LogP contribution is 2.24. The van der Waals surface area contributed by atoms with Crippen molar-refractivity contribution in [3.05, 3.63) is 64.3 Å². The Morgan fingerprint density at radius 2 is 1.89 bits per heavy atom. The molecule has 0 bridgehead atoms. The van der Waals surface area contributed by atoms with E-state index in [-0.39, 0.29) is 5.78 Å². The van der Waals surface area contributed by atoms with Gasteiger partial charge in [-0.25, -0.2) is 0 Å². The highest BCUT2D eigenvalue weighted by Gasteiger charge is 2.15. The molecule has 0 aliphatic rings. The zero-order valence-corrected chi connectivity index (χ0v) is 11.5. The minimum Gasteiger partial charge on any atom is -0.453 e. The van der Waals surface area contributed by atoms with Crippen LogP contribution in [-0.2, 0) is 0 Å². The van der Waals surface area contributed by atoms with Crippen molar-refractivity contribution in [2.75, 3.05) is 5.73 Å². The topological polar surface area (TPSA) is 56.2 Å². The molecule has 3 aromatic rings. The molecule has 3 rings (SSSR count). The van der Waals surface area contributed by atoms with Crippen LogP contribution in [0.3, 0.4) is 0 Å². The molecule has 3 nitrogen and oxygen atoms in total. The number of halogens is 1. The normalized spacial score (nSPS) is 10.8. The van der Waals surface area contributed by atoms with Gasteiger partial charge in [-0.1, -0.05) is 18.2 Å². The molecule has 1 heterocycles. The smallest absolute Gasteiger partial charge is 0.228 e. The van der Waals surface area contributed by atoms with Gasteiger partial charge in [-0.15, -0.1) is 0 Å². The van der Waals surface area contributed by atoms with Crippen LogP contribution in [-0.4, -0.2) is 5.78 Å². The first-order valence-electron chi connectivity index (χ1n) is 5.73. The Morgan fingerprint density at radius 1 is 1.11 bits per heavy atom. The van der Waals surface area contributed by atoms with E-state index < -0.39 is 0 Å². The summed E-state index contributed by atoms with van der Waals surface area (Å²) in [7, 11) is 0. The van der Waals surface area contributed by atoms with E-state index in [0.29, 0.717) is 27.1 Å². The summed E-state index contributed by atoms with van der Waals surface area (Å²) < 4.78 is 6.26. The summed E-state index contributed by atoms with van der Waals surface area (Å²) in [5, 5.41) is 0.917. The molecule has 94 valence electrons. The minimum atomic E-state index is -0.156. The first kappa shape index (κ1) is 12.0. The van der Waals surface area contributed by atoms with Crippen LogP contribution in [0, 0.1) is 0 Å². The number of ketones is 1. The quantitative estimate of drug-likeness (QED) is 0.574. The maximum Gasteiger partial charge on any atom is 0.228 e. The van der Waals surface area contributed by atoms with Gasteiger partial charge in [0, 0.05) is 21.1 Å². The number of para-hydroxylation sites is 1. The molecule has 0 spiro atoms. The lowest BCUT2D eigenvalue weighted by molar-refractivity contribution is 0.101. The van der Waals surface area contributed by atoms with Crippen LogP contribution in [0.15, 0.2) is 57.4 Å². The van der Waals surface area contributed by atoms with Gasteiger partial charge in [-0.2, -0.15) is 0 Å². The Hall–Kier alpha value is -2.07.